The number of hydrogen-bond acceptors (Lipinski definition) is 3. The van der Waals surface area contributed by atoms with Crippen LogP contribution < -0.4 is 5.32 Å². The van der Waals surface area contributed by atoms with Gasteiger partial charge in [-0.1, -0.05) is 0 Å². The van der Waals surface area contributed by atoms with E-state index in [-0.39, 0.29) is 5.13 Å². The number of aryl methyl sites for hydroxylation is 2. The molecule has 0 spiro atoms. The zero-order chi connectivity index (χ0) is 16.7. The molecule has 122 valence electrons. The minimum Gasteiger partial charge on any atom is -0.298 e. The van der Waals surface area contributed by atoms with Crippen molar-refractivity contribution in [3.05, 3.63) is 45.2 Å². The van der Waals surface area contributed by atoms with Gasteiger partial charge in [-0.25, -0.2) is 26.9 Å². The number of thiazole rings is 1. The number of carbonyl (C=O) groups is 1. The van der Waals surface area contributed by atoms with E-state index in [4.69, 9.17) is 0 Å². The fraction of sp³-hybridized carbons (Fsp3) is 0.286. The maximum absolute atomic E-state index is 13.6. The Hall–Kier alpha value is -2.03. The summed E-state index contributed by atoms with van der Waals surface area (Å²) in [6, 6.07) is 0. The zero-order valence-corrected chi connectivity index (χ0v) is 12.3. The molecule has 23 heavy (non-hydrogen) atoms. The smallest absolute Gasteiger partial charge is 0.263 e. The van der Waals surface area contributed by atoms with Crippen LogP contribution in [0.1, 0.15) is 33.8 Å². The minimum atomic E-state index is -2.30. The summed E-state index contributed by atoms with van der Waals surface area (Å²) >= 11 is 1.13. The van der Waals surface area contributed by atoms with Crippen LogP contribution in [0.25, 0.3) is 0 Å². The quantitative estimate of drug-likeness (QED) is 0.507. The molecule has 3 nitrogen and oxygen atoms in total. The van der Waals surface area contributed by atoms with E-state index in [2.05, 4.69) is 10.3 Å². The number of fused-ring (bicyclic) bond motifs is 1. The van der Waals surface area contributed by atoms with Crippen molar-refractivity contribution in [1.29, 1.82) is 0 Å². The Morgan fingerprint density at radius 3 is 2.09 bits per heavy atom. The highest BCUT2D eigenvalue weighted by atomic mass is 32.1. The number of nitrogens with zero attached hydrogens (tertiary/aromatic N) is 1. The first kappa shape index (κ1) is 15.9. The lowest BCUT2D eigenvalue weighted by atomic mass is 10.0. The molecule has 9 heteroatoms. The lowest BCUT2D eigenvalue weighted by molar-refractivity contribution is 0.101. The topological polar surface area (TPSA) is 42.0 Å². The van der Waals surface area contributed by atoms with Gasteiger partial charge < -0.3 is 0 Å². The van der Waals surface area contributed by atoms with Gasteiger partial charge in [-0.05, 0) is 25.7 Å². The highest BCUT2D eigenvalue weighted by molar-refractivity contribution is 7.15. The molecular formula is C14H9F5N2OS. The average Bonchev–Trinajstić information content (AvgIpc) is 2.93. The van der Waals surface area contributed by atoms with Crippen LogP contribution in [0.2, 0.25) is 0 Å². The first-order valence-electron chi connectivity index (χ1n) is 6.71. The third-order valence-corrected chi connectivity index (χ3v) is 4.58. The van der Waals surface area contributed by atoms with Crippen LogP contribution in [0.4, 0.5) is 27.1 Å². The number of anilines is 1. The molecule has 0 atom stereocenters. The molecule has 0 radical (unpaired) electrons. The first-order chi connectivity index (χ1) is 10.9. The molecule has 0 saturated heterocycles. The Morgan fingerprint density at radius 1 is 0.913 bits per heavy atom. The van der Waals surface area contributed by atoms with E-state index in [1.807, 2.05) is 0 Å². The number of amides is 1. The SMILES string of the molecule is O=C(Nc1nc2c(s1)CCCC2)c1c(F)c(F)c(F)c(F)c1F. The largest absolute Gasteiger partial charge is 0.298 e. The number of benzene rings is 1. The Morgan fingerprint density at radius 2 is 1.48 bits per heavy atom. The average molecular weight is 348 g/mol. The van der Waals surface area contributed by atoms with Crippen molar-refractivity contribution < 1.29 is 26.7 Å². The van der Waals surface area contributed by atoms with E-state index in [9.17, 15) is 26.7 Å². The lowest BCUT2D eigenvalue weighted by Gasteiger charge is -2.07. The molecule has 0 unspecified atom stereocenters. The van der Waals surface area contributed by atoms with Crippen LogP contribution >= 0.6 is 11.3 Å². The van der Waals surface area contributed by atoms with Crippen LogP contribution in [0.3, 0.4) is 0 Å². The molecule has 0 fully saturated rings. The van der Waals surface area contributed by atoms with Gasteiger partial charge in [-0.2, -0.15) is 0 Å². The summed E-state index contributed by atoms with van der Waals surface area (Å²) in [4.78, 5) is 17.0. The van der Waals surface area contributed by atoms with Crippen LogP contribution in [0, 0.1) is 29.1 Å². The third-order valence-electron chi connectivity index (χ3n) is 3.50. The van der Waals surface area contributed by atoms with E-state index in [0.717, 1.165) is 47.6 Å². The van der Waals surface area contributed by atoms with E-state index in [1.165, 1.54) is 0 Å². The molecule has 0 bridgehead atoms. The number of nitrogens with one attached hydrogen (secondary N) is 1. The molecule has 1 aliphatic rings. The second-order valence-corrected chi connectivity index (χ2v) is 6.08. The second kappa shape index (κ2) is 5.88. The molecule has 0 saturated carbocycles. The number of aromatic nitrogens is 1. The zero-order valence-electron chi connectivity index (χ0n) is 11.5. The van der Waals surface area contributed by atoms with E-state index < -0.39 is 40.6 Å². The molecule has 1 N–H and O–H groups in total. The fourth-order valence-electron chi connectivity index (χ4n) is 2.37. The number of rotatable bonds is 2. The molecule has 1 aliphatic carbocycles. The van der Waals surface area contributed by atoms with Crippen molar-refractivity contribution in [1.82, 2.24) is 4.98 Å². The number of halogens is 5. The summed E-state index contributed by atoms with van der Waals surface area (Å²) in [5.74, 6) is -12.4. The van der Waals surface area contributed by atoms with Gasteiger partial charge in [0.25, 0.3) is 5.91 Å². The van der Waals surface area contributed by atoms with Crippen LogP contribution in [0.15, 0.2) is 0 Å². The van der Waals surface area contributed by atoms with Crippen LogP contribution in [-0.2, 0) is 12.8 Å². The molecular weight excluding hydrogens is 339 g/mol. The van der Waals surface area contributed by atoms with E-state index >= 15 is 0 Å². The highest BCUT2D eigenvalue weighted by Gasteiger charge is 2.30. The monoisotopic (exact) mass is 348 g/mol. The second-order valence-electron chi connectivity index (χ2n) is 5.00. The summed E-state index contributed by atoms with van der Waals surface area (Å²) in [6.07, 6.45) is 3.43. The lowest BCUT2D eigenvalue weighted by Crippen LogP contribution is -2.19. The van der Waals surface area contributed by atoms with Gasteiger partial charge in [0.15, 0.2) is 28.4 Å². The van der Waals surface area contributed by atoms with Crippen molar-refractivity contribution in [3.63, 3.8) is 0 Å². The third kappa shape index (κ3) is 2.69. The summed E-state index contributed by atoms with van der Waals surface area (Å²) in [5.41, 5.74) is -0.733. The molecule has 1 amide bonds. The predicted octanol–water partition coefficient (Wildman–Crippen LogP) is 3.97. The standard InChI is InChI=1S/C14H9F5N2OS/c15-8-7(9(16)11(18)12(19)10(8)17)13(22)21-14-20-5-3-1-2-4-6(5)23-14/h1-4H2,(H,20,21,22). The summed E-state index contributed by atoms with van der Waals surface area (Å²) in [5, 5.41) is 2.18. The van der Waals surface area contributed by atoms with Crippen molar-refractivity contribution >= 4 is 22.4 Å². The van der Waals surface area contributed by atoms with Gasteiger partial charge in [0.1, 0.15) is 5.56 Å². The van der Waals surface area contributed by atoms with Gasteiger partial charge in [0.05, 0.1) is 5.69 Å². The molecule has 0 aliphatic heterocycles. The first-order valence-corrected chi connectivity index (χ1v) is 7.53. The van der Waals surface area contributed by atoms with Gasteiger partial charge in [-0.3, -0.25) is 10.1 Å². The van der Waals surface area contributed by atoms with Gasteiger partial charge in [-0.15, -0.1) is 11.3 Å². The normalized spacial score (nSPS) is 13.8. The molecule has 2 aromatic rings. The Balaban J connectivity index is 1.94. The molecule has 1 aromatic heterocycles. The maximum atomic E-state index is 13.6. The van der Waals surface area contributed by atoms with E-state index in [1.54, 1.807) is 0 Å². The Bertz CT molecular complexity index is 752. The van der Waals surface area contributed by atoms with Crippen molar-refractivity contribution in [2.45, 2.75) is 25.7 Å². The molecule has 3 rings (SSSR count). The molecule has 1 aromatic carbocycles. The Labute approximate surface area is 131 Å². The predicted molar refractivity (Wildman–Crippen MR) is 72.9 cm³/mol. The van der Waals surface area contributed by atoms with Crippen LogP contribution in [0.5, 0.6) is 0 Å². The Kier molecular flexibility index (Phi) is 4.05. The van der Waals surface area contributed by atoms with Crippen molar-refractivity contribution in [2.75, 3.05) is 5.32 Å². The summed E-state index contributed by atoms with van der Waals surface area (Å²) in [6.45, 7) is 0. The fourth-order valence-corrected chi connectivity index (χ4v) is 3.41. The minimum absolute atomic E-state index is 0.0749. The number of hydrogen-bond donors (Lipinski definition) is 1. The van der Waals surface area contributed by atoms with Gasteiger partial charge in [0, 0.05) is 4.88 Å². The van der Waals surface area contributed by atoms with Crippen LogP contribution in [-0.4, -0.2) is 10.9 Å². The van der Waals surface area contributed by atoms with E-state index in [0.29, 0.717) is 0 Å². The van der Waals surface area contributed by atoms with Gasteiger partial charge >= 0.3 is 0 Å². The van der Waals surface area contributed by atoms with Crippen molar-refractivity contribution in [2.24, 2.45) is 0 Å². The van der Waals surface area contributed by atoms with Crippen molar-refractivity contribution in [3.8, 4) is 0 Å². The highest BCUT2D eigenvalue weighted by Crippen LogP contribution is 2.30. The maximum Gasteiger partial charge on any atom is 0.263 e. The summed E-state index contributed by atoms with van der Waals surface area (Å²) < 4.78 is 66.4. The van der Waals surface area contributed by atoms with Gasteiger partial charge in [0.2, 0.25) is 5.82 Å². The molecule has 1 heterocycles. The number of carbonyl (C=O) groups excluding carboxylic acids is 1. The summed E-state index contributed by atoms with van der Waals surface area (Å²) in [7, 11) is 0.